The summed E-state index contributed by atoms with van der Waals surface area (Å²) in [6.07, 6.45) is 15.6. The third-order valence-electron chi connectivity index (χ3n) is 3.65. The number of carboxylic acids is 1. The van der Waals surface area contributed by atoms with Crippen molar-refractivity contribution in [2.24, 2.45) is 0 Å². The fraction of sp³-hybridized carbons (Fsp3) is 0.824. The summed E-state index contributed by atoms with van der Waals surface area (Å²) in [5, 5.41) is 8.51. The Morgan fingerprint density at radius 2 is 1.86 bits per heavy atom. The number of carbonyl (C=O) groups is 1. The van der Waals surface area contributed by atoms with Crippen LogP contribution in [0.15, 0.2) is 12.2 Å². The zero-order chi connectivity index (χ0) is 15.2. The van der Waals surface area contributed by atoms with Crippen LogP contribution in [-0.2, 0) is 14.3 Å². The maximum Gasteiger partial charge on any atom is 0.303 e. The van der Waals surface area contributed by atoms with Crippen molar-refractivity contribution in [3.63, 3.8) is 0 Å². The summed E-state index contributed by atoms with van der Waals surface area (Å²) in [4.78, 5) is 10.3. The highest BCUT2D eigenvalue weighted by Gasteiger charge is 2.12. The standard InChI is InChI=1S/C17H30O4/c18-16(19)12-8-6-4-2-1-3-5-7-10-14-20-17-13-9-11-15-21-17/h5,7,17H,1-4,6,8-15H2,(H,18,19)/b7-5-. The lowest BCUT2D eigenvalue weighted by molar-refractivity contribution is -0.161. The molecule has 1 unspecified atom stereocenters. The van der Waals surface area contributed by atoms with Gasteiger partial charge >= 0.3 is 5.97 Å². The van der Waals surface area contributed by atoms with Gasteiger partial charge in [0.15, 0.2) is 6.29 Å². The second-order valence-electron chi connectivity index (χ2n) is 5.63. The van der Waals surface area contributed by atoms with Gasteiger partial charge in [0.2, 0.25) is 0 Å². The van der Waals surface area contributed by atoms with Gasteiger partial charge in [0.05, 0.1) is 6.61 Å². The van der Waals surface area contributed by atoms with Crippen LogP contribution in [0.5, 0.6) is 0 Å². The molecule has 0 aliphatic carbocycles. The quantitative estimate of drug-likeness (QED) is 0.431. The van der Waals surface area contributed by atoms with Gasteiger partial charge in [-0.1, -0.05) is 31.4 Å². The van der Waals surface area contributed by atoms with Crippen molar-refractivity contribution in [2.45, 2.75) is 76.9 Å². The monoisotopic (exact) mass is 298 g/mol. The Morgan fingerprint density at radius 3 is 2.62 bits per heavy atom. The number of hydrogen-bond donors (Lipinski definition) is 1. The van der Waals surface area contributed by atoms with E-state index >= 15 is 0 Å². The minimum atomic E-state index is -0.682. The molecule has 1 N–H and O–H groups in total. The maximum atomic E-state index is 10.3. The lowest BCUT2D eigenvalue weighted by atomic mass is 10.1. The van der Waals surface area contributed by atoms with Crippen LogP contribution in [0.2, 0.25) is 0 Å². The molecule has 4 heteroatoms. The van der Waals surface area contributed by atoms with Gasteiger partial charge in [0.1, 0.15) is 0 Å². The van der Waals surface area contributed by atoms with E-state index in [0.717, 1.165) is 58.2 Å². The first-order valence-corrected chi connectivity index (χ1v) is 8.39. The topological polar surface area (TPSA) is 55.8 Å². The Labute approximate surface area is 128 Å². The van der Waals surface area contributed by atoms with Gasteiger partial charge in [-0.05, 0) is 44.9 Å². The summed E-state index contributed by atoms with van der Waals surface area (Å²) >= 11 is 0. The van der Waals surface area contributed by atoms with E-state index in [1.165, 1.54) is 19.3 Å². The van der Waals surface area contributed by atoms with Gasteiger partial charge in [-0.25, -0.2) is 0 Å². The molecule has 1 atom stereocenters. The first-order valence-electron chi connectivity index (χ1n) is 8.39. The molecule has 1 aliphatic rings. The number of hydrogen-bond acceptors (Lipinski definition) is 3. The summed E-state index contributed by atoms with van der Waals surface area (Å²) in [5.74, 6) is -0.682. The van der Waals surface area contributed by atoms with E-state index in [0.29, 0.717) is 6.42 Å². The van der Waals surface area contributed by atoms with E-state index in [1.807, 2.05) is 0 Å². The Kier molecular flexibility index (Phi) is 11.1. The summed E-state index contributed by atoms with van der Waals surface area (Å²) in [6.45, 7) is 1.59. The first kappa shape index (κ1) is 18.2. The number of rotatable bonds is 12. The molecular formula is C17H30O4. The third kappa shape index (κ3) is 11.5. The van der Waals surface area contributed by atoms with Crippen molar-refractivity contribution < 1.29 is 19.4 Å². The first-order chi connectivity index (χ1) is 10.3. The zero-order valence-corrected chi connectivity index (χ0v) is 13.1. The van der Waals surface area contributed by atoms with Crippen LogP contribution >= 0.6 is 0 Å². The largest absolute Gasteiger partial charge is 0.481 e. The van der Waals surface area contributed by atoms with Crippen molar-refractivity contribution in [1.82, 2.24) is 0 Å². The van der Waals surface area contributed by atoms with Gasteiger partial charge in [0, 0.05) is 13.0 Å². The molecule has 0 bridgehead atoms. The van der Waals surface area contributed by atoms with E-state index < -0.39 is 5.97 Å². The van der Waals surface area contributed by atoms with Gasteiger partial charge in [-0.3, -0.25) is 4.79 Å². The molecule has 0 radical (unpaired) electrons. The van der Waals surface area contributed by atoms with Crippen LogP contribution in [-0.4, -0.2) is 30.6 Å². The maximum absolute atomic E-state index is 10.3. The SMILES string of the molecule is O=C(O)CCCCCCC/C=C\CCOC1CCCCO1. The molecular weight excluding hydrogens is 268 g/mol. The molecule has 1 heterocycles. The zero-order valence-electron chi connectivity index (χ0n) is 13.1. The predicted octanol–water partition coefficient (Wildman–Crippen LogP) is 4.29. The molecule has 0 aromatic heterocycles. The second-order valence-corrected chi connectivity index (χ2v) is 5.63. The van der Waals surface area contributed by atoms with Crippen LogP contribution in [0.3, 0.4) is 0 Å². The number of allylic oxidation sites excluding steroid dienone is 1. The predicted molar refractivity (Wildman–Crippen MR) is 83.3 cm³/mol. The second kappa shape index (κ2) is 12.8. The molecule has 0 amide bonds. The summed E-state index contributed by atoms with van der Waals surface area (Å²) in [5.41, 5.74) is 0. The smallest absolute Gasteiger partial charge is 0.303 e. The lowest BCUT2D eigenvalue weighted by Crippen LogP contribution is -2.22. The fourth-order valence-electron chi connectivity index (χ4n) is 2.41. The third-order valence-corrected chi connectivity index (χ3v) is 3.65. The van der Waals surface area contributed by atoms with Gasteiger partial charge in [-0.15, -0.1) is 0 Å². The molecule has 21 heavy (non-hydrogen) atoms. The summed E-state index contributed by atoms with van der Waals surface area (Å²) in [7, 11) is 0. The fourth-order valence-corrected chi connectivity index (χ4v) is 2.41. The highest BCUT2D eigenvalue weighted by molar-refractivity contribution is 5.66. The van der Waals surface area contributed by atoms with Crippen molar-refractivity contribution in [3.8, 4) is 0 Å². The number of ether oxygens (including phenoxy) is 2. The van der Waals surface area contributed by atoms with Crippen LogP contribution in [0, 0.1) is 0 Å². The molecule has 0 saturated carbocycles. The molecule has 1 rings (SSSR count). The Hall–Kier alpha value is -0.870. The average Bonchev–Trinajstić information content (AvgIpc) is 2.49. The minimum absolute atomic E-state index is 0.0259. The van der Waals surface area contributed by atoms with Crippen molar-refractivity contribution in [1.29, 1.82) is 0 Å². The Balaban J connectivity index is 1.79. The summed E-state index contributed by atoms with van der Waals surface area (Å²) < 4.78 is 11.2. The average molecular weight is 298 g/mol. The van der Waals surface area contributed by atoms with Crippen molar-refractivity contribution >= 4 is 5.97 Å². The Bertz CT molecular complexity index is 283. The molecule has 4 nitrogen and oxygen atoms in total. The van der Waals surface area contributed by atoms with E-state index in [-0.39, 0.29) is 6.29 Å². The number of carboxylic acid groups (broad SMARTS) is 1. The molecule has 0 spiro atoms. The molecule has 1 fully saturated rings. The molecule has 122 valence electrons. The molecule has 0 aromatic carbocycles. The van der Waals surface area contributed by atoms with Gasteiger partial charge in [0.25, 0.3) is 0 Å². The van der Waals surface area contributed by atoms with E-state index in [4.69, 9.17) is 14.6 Å². The number of aliphatic carboxylic acids is 1. The summed E-state index contributed by atoms with van der Waals surface area (Å²) in [6, 6.07) is 0. The van der Waals surface area contributed by atoms with Crippen LogP contribution in [0.4, 0.5) is 0 Å². The van der Waals surface area contributed by atoms with Gasteiger partial charge < -0.3 is 14.6 Å². The van der Waals surface area contributed by atoms with E-state index in [9.17, 15) is 4.79 Å². The van der Waals surface area contributed by atoms with Crippen LogP contribution < -0.4 is 0 Å². The normalized spacial score (nSPS) is 19.1. The minimum Gasteiger partial charge on any atom is -0.481 e. The molecule has 1 aliphatic heterocycles. The Morgan fingerprint density at radius 1 is 1.10 bits per heavy atom. The highest BCUT2D eigenvalue weighted by atomic mass is 16.7. The van der Waals surface area contributed by atoms with Crippen LogP contribution in [0.25, 0.3) is 0 Å². The van der Waals surface area contributed by atoms with Gasteiger partial charge in [-0.2, -0.15) is 0 Å². The number of unbranched alkanes of at least 4 members (excludes halogenated alkanes) is 5. The van der Waals surface area contributed by atoms with Crippen molar-refractivity contribution in [3.05, 3.63) is 12.2 Å². The van der Waals surface area contributed by atoms with Crippen molar-refractivity contribution in [2.75, 3.05) is 13.2 Å². The molecule has 0 aromatic rings. The molecule has 1 saturated heterocycles. The van der Waals surface area contributed by atoms with Crippen LogP contribution in [0.1, 0.15) is 70.6 Å². The highest BCUT2D eigenvalue weighted by Crippen LogP contribution is 2.13. The van der Waals surface area contributed by atoms with E-state index in [2.05, 4.69) is 12.2 Å². The lowest BCUT2D eigenvalue weighted by Gasteiger charge is -2.22. The van der Waals surface area contributed by atoms with E-state index in [1.54, 1.807) is 0 Å².